The molecule has 1 aromatic heterocycles. The smallest absolute Gasteiger partial charge is 0.243 e. The first kappa shape index (κ1) is 16.0. The maximum atomic E-state index is 12.3. The fourth-order valence-corrected chi connectivity index (χ4v) is 2.84. The Morgan fingerprint density at radius 1 is 1.17 bits per heavy atom. The van der Waals surface area contributed by atoms with Gasteiger partial charge in [0.05, 0.1) is 0 Å². The van der Waals surface area contributed by atoms with E-state index in [2.05, 4.69) is 9.97 Å². The third kappa shape index (κ3) is 3.38. The van der Waals surface area contributed by atoms with Crippen LogP contribution in [0, 0.1) is 5.21 Å². The zero-order valence-electron chi connectivity index (χ0n) is 13.1. The Bertz CT molecular complexity index is 696. The third-order valence-corrected chi connectivity index (χ3v) is 4.09. The summed E-state index contributed by atoms with van der Waals surface area (Å²) in [6.07, 6.45) is 1.12. The molecule has 8 nitrogen and oxygen atoms in total. The molecular formula is C16H19N6O2-. The zero-order valence-corrected chi connectivity index (χ0v) is 13.1. The molecule has 126 valence electrons. The van der Waals surface area contributed by atoms with Gasteiger partial charge in [-0.1, -0.05) is 18.2 Å². The van der Waals surface area contributed by atoms with Crippen molar-refractivity contribution in [1.82, 2.24) is 15.0 Å². The lowest BCUT2D eigenvalue weighted by Gasteiger charge is -2.42. The van der Waals surface area contributed by atoms with Gasteiger partial charge in [-0.05, 0) is 25.0 Å². The number of carbonyl (C=O) groups excluding carboxylic acids is 1. The Hall–Kier alpha value is -2.87. The van der Waals surface area contributed by atoms with Crippen molar-refractivity contribution in [3.05, 3.63) is 47.2 Å². The summed E-state index contributed by atoms with van der Waals surface area (Å²) >= 11 is 0. The molecule has 4 N–H and O–H groups in total. The highest BCUT2D eigenvalue weighted by Gasteiger charge is 2.24. The van der Waals surface area contributed by atoms with Gasteiger partial charge in [0.1, 0.15) is 11.6 Å². The Morgan fingerprint density at radius 2 is 1.83 bits per heavy atom. The number of hydroxylamine groups is 2. The largest absolute Gasteiger partial charge is 0.756 e. The van der Waals surface area contributed by atoms with E-state index in [9.17, 15) is 10.0 Å². The van der Waals surface area contributed by atoms with Gasteiger partial charge in [-0.15, -0.1) is 0 Å². The van der Waals surface area contributed by atoms with Gasteiger partial charge in [-0.25, -0.2) is 0 Å². The molecular weight excluding hydrogens is 308 g/mol. The van der Waals surface area contributed by atoms with Crippen molar-refractivity contribution in [2.45, 2.75) is 18.9 Å². The quantitative estimate of drug-likeness (QED) is 0.813. The van der Waals surface area contributed by atoms with Crippen LogP contribution in [-0.4, -0.2) is 40.1 Å². The fourth-order valence-electron chi connectivity index (χ4n) is 2.84. The van der Waals surface area contributed by atoms with Crippen molar-refractivity contribution in [2.24, 2.45) is 0 Å². The molecule has 2 aromatic rings. The second-order valence-corrected chi connectivity index (χ2v) is 5.72. The lowest BCUT2D eigenvalue weighted by Crippen LogP contribution is -2.45. The van der Waals surface area contributed by atoms with Crippen molar-refractivity contribution in [3.8, 4) is 0 Å². The number of nitrogens with two attached hydrogens (primary N) is 2. The molecule has 1 fully saturated rings. The monoisotopic (exact) mass is 327 g/mol. The van der Waals surface area contributed by atoms with Crippen LogP contribution in [-0.2, 0) is 0 Å². The molecule has 0 radical (unpaired) electrons. The predicted molar refractivity (Wildman–Crippen MR) is 92.1 cm³/mol. The highest BCUT2D eigenvalue weighted by molar-refractivity contribution is 5.94. The molecule has 1 aliphatic heterocycles. The van der Waals surface area contributed by atoms with Crippen LogP contribution >= 0.6 is 0 Å². The molecule has 3 rings (SSSR count). The van der Waals surface area contributed by atoms with Crippen molar-refractivity contribution in [1.29, 1.82) is 0 Å². The molecule has 1 amide bonds. The van der Waals surface area contributed by atoms with E-state index in [1.807, 2.05) is 11.0 Å². The first-order chi connectivity index (χ1) is 11.5. The summed E-state index contributed by atoms with van der Waals surface area (Å²) in [6, 6.07) is 9.90. The molecule has 0 spiro atoms. The number of aromatic nitrogens is 2. The van der Waals surface area contributed by atoms with Gasteiger partial charge in [0, 0.05) is 30.8 Å². The Morgan fingerprint density at radius 3 is 2.46 bits per heavy atom. The molecule has 24 heavy (non-hydrogen) atoms. The van der Waals surface area contributed by atoms with Crippen molar-refractivity contribution >= 4 is 23.5 Å². The van der Waals surface area contributed by atoms with Gasteiger partial charge < -0.3 is 26.6 Å². The number of carbonyl (C=O) groups is 1. The molecule has 8 heteroatoms. The molecule has 1 saturated heterocycles. The minimum absolute atomic E-state index is 0.122. The summed E-state index contributed by atoms with van der Waals surface area (Å²) in [5, 5.41) is 12.9. The minimum atomic E-state index is -0.496. The molecule has 0 saturated carbocycles. The SMILES string of the molecule is Nc1cc(N2CCC(N([O-])C(=O)c3ccccc3)CC2)nc(N)n1. The van der Waals surface area contributed by atoms with Gasteiger partial charge in [0.25, 0.3) is 0 Å². The number of piperidine rings is 1. The zero-order chi connectivity index (χ0) is 17.1. The van der Waals surface area contributed by atoms with Gasteiger partial charge in [-0.3, -0.25) is 4.79 Å². The number of hydrogen-bond acceptors (Lipinski definition) is 7. The van der Waals surface area contributed by atoms with E-state index in [0.29, 0.717) is 48.2 Å². The summed E-state index contributed by atoms with van der Waals surface area (Å²) < 4.78 is 0. The van der Waals surface area contributed by atoms with Crippen LogP contribution in [0.15, 0.2) is 36.4 Å². The summed E-state index contributed by atoms with van der Waals surface area (Å²) in [5.41, 5.74) is 11.7. The standard InChI is InChI=1S/C16H19N6O2/c17-13-10-14(20-16(18)19-13)21-8-6-12(7-9-21)22(24)15(23)11-4-2-1-3-5-11/h1-5,10,12H,6-9H2,(H4,17,18,19,20)/q-1. The number of rotatable bonds is 3. The van der Waals surface area contributed by atoms with E-state index in [4.69, 9.17) is 11.5 Å². The normalized spacial score (nSPS) is 15.3. The third-order valence-electron chi connectivity index (χ3n) is 4.09. The maximum Gasteiger partial charge on any atom is 0.243 e. The van der Waals surface area contributed by atoms with Gasteiger partial charge in [0.15, 0.2) is 0 Å². The van der Waals surface area contributed by atoms with Crippen molar-refractivity contribution in [3.63, 3.8) is 0 Å². The number of nitrogen functional groups attached to an aromatic ring is 2. The van der Waals surface area contributed by atoms with E-state index in [1.165, 1.54) is 0 Å². The highest BCUT2D eigenvalue weighted by Crippen LogP contribution is 2.23. The van der Waals surface area contributed by atoms with E-state index in [1.54, 1.807) is 30.3 Å². The van der Waals surface area contributed by atoms with Crippen LogP contribution in [0.1, 0.15) is 23.2 Å². The lowest BCUT2D eigenvalue weighted by molar-refractivity contribution is 0.0749. The van der Waals surface area contributed by atoms with E-state index < -0.39 is 5.91 Å². The van der Waals surface area contributed by atoms with Gasteiger partial charge in [-0.2, -0.15) is 9.97 Å². The number of amides is 1. The molecule has 1 aromatic carbocycles. The fraction of sp³-hybridized carbons (Fsp3) is 0.312. The van der Waals surface area contributed by atoms with E-state index in [0.717, 1.165) is 0 Å². The van der Waals surface area contributed by atoms with Gasteiger partial charge >= 0.3 is 0 Å². The van der Waals surface area contributed by atoms with Crippen molar-refractivity contribution < 1.29 is 4.79 Å². The van der Waals surface area contributed by atoms with E-state index >= 15 is 0 Å². The maximum absolute atomic E-state index is 12.3. The average molecular weight is 327 g/mol. The first-order valence-corrected chi connectivity index (χ1v) is 7.75. The minimum Gasteiger partial charge on any atom is -0.756 e. The van der Waals surface area contributed by atoms with Crippen LogP contribution in [0.5, 0.6) is 0 Å². The van der Waals surface area contributed by atoms with Crippen LogP contribution < -0.4 is 16.4 Å². The number of benzene rings is 1. The summed E-state index contributed by atoms with van der Waals surface area (Å²) in [7, 11) is 0. The molecule has 0 atom stereocenters. The Labute approximate surface area is 139 Å². The van der Waals surface area contributed by atoms with Gasteiger partial charge in [0.2, 0.25) is 11.9 Å². The second-order valence-electron chi connectivity index (χ2n) is 5.72. The Balaban J connectivity index is 1.63. The summed E-state index contributed by atoms with van der Waals surface area (Å²) in [5.74, 6) is 0.580. The first-order valence-electron chi connectivity index (χ1n) is 7.75. The number of hydrogen-bond donors (Lipinski definition) is 2. The highest BCUT2D eigenvalue weighted by atomic mass is 16.5. The molecule has 0 unspecified atom stereocenters. The molecule has 2 heterocycles. The van der Waals surface area contributed by atoms with Crippen molar-refractivity contribution in [2.75, 3.05) is 29.5 Å². The molecule has 0 aliphatic carbocycles. The Kier molecular flexibility index (Phi) is 4.48. The van der Waals surface area contributed by atoms with Crippen LogP contribution in [0.3, 0.4) is 0 Å². The second kappa shape index (κ2) is 6.71. The molecule has 1 aliphatic rings. The number of anilines is 3. The van der Waals surface area contributed by atoms with E-state index in [-0.39, 0.29) is 12.0 Å². The summed E-state index contributed by atoms with van der Waals surface area (Å²) in [4.78, 5) is 22.2. The summed E-state index contributed by atoms with van der Waals surface area (Å²) in [6.45, 7) is 1.20. The predicted octanol–water partition coefficient (Wildman–Crippen LogP) is 1.25. The van der Waals surface area contributed by atoms with Crippen LogP contribution in [0.2, 0.25) is 0 Å². The van der Waals surface area contributed by atoms with Crippen LogP contribution in [0.4, 0.5) is 17.6 Å². The average Bonchev–Trinajstić information content (AvgIpc) is 2.60. The topological polar surface area (TPSA) is 124 Å². The number of nitrogens with zero attached hydrogens (tertiary/aromatic N) is 4. The lowest BCUT2D eigenvalue weighted by atomic mass is 10.0. The molecule has 0 bridgehead atoms. The van der Waals surface area contributed by atoms with Crippen LogP contribution in [0.25, 0.3) is 0 Å².